The monoisotopic (exact) mass is 512 g/mol. The zero-order chi connectivity index (χ0) is 20.8. The molecule has 150 valence electrons. The van der Waals surface area contributed by atoms with E-state index in [1.807, 2.05) is 39.8 Å². The molecule has 0 spiro atoms. The number of ether oxygens (including phenoxy) is 2. The third-order valence-corrected chi connectivity index (χ3v) is 6.25. The molecule has 28 heavy (non-hydrogen) atoms. The van der Waals surface area contributed by atoms with Crippen LogP contribution in [0.3, 0.4) is 0 Å². The molecule has 0 aromatic heterocycles. The number of nitrogens with zero attached hydrogens (tertiary/aromatic N) is 1. The summed E-state index contributed by atoms with van der Waals surface area (Å²) in [5.41, 5.74) is 6.15. The van der Waals surface area contributed by atoms with E-state index in [9.17, 15) is 9.90 Å². The molecule has 0 radical (unpaired) electrons. The Labute approximate surface area is 181 Å². The van der Waals surface area contributed by atoms with Crippen LogP contribution in [0.5, 0.6) is 17.2 Å². The van der Waals surface area contributed by atoms with Gasteiger partial charge in [-0.2, -0.15) is 5.10 Å². The Kier molecular flexibility index (Phi) is 7.88. The number of aryl methyl sites for hydroxylation is 2. The first-order valence-corrected chi connectivity index (χ1v) is 10.2. The van der Waals surface area contributed by atoms with Gasteiger partial charge in [0.05, 0.1) is 17.3 Å². The van der Waals surface area contributed by atoms with Crippen molar-refractivity contribution >= 4 is 44.0 Å². The minimum atomic E-state index is -0.379. The highest BCUT2D eigenvalue weighted by molar-refractivity contribution is 9.13. The van der Waals surface area contributed by atoms with Crippen LogP contribution < -0.4 is 14.9 Å². The quantitative estimate of drug-likeness (QED) is 0.412. The maximum absolute atomic E-state index is 12.1. The lowest BCUT2D eigenvalue weighted by molar-refractivity contribution is -0.123. The van der Waals surface area contributed by atoms with Crippen molar-refractivity contribution in [3.8, 4) is 17.2 Å². The molecule has 0 fully saturated rings. The molecule has 0 aliphatic heterocycles. The predicted octanol–water partition coefficient (Wildman–Crippen LogP) is 4.77. The van der Waals surface area contributed by atoms with Gasteiger partial charge in [-0.1, -0.05) is 12.1 Å². The zero-order valence-electron chi connectivity index (χ0n) is 16.1. The lowest BCUT2D eigenvalue weighted by atomic mass is 10.1. The highest BCUT2D eigenvalue weighted by Crippen LogP contribution is 2.41. The van der Waals surface area contributed by atoms with Gasteiger partial charge in [0.2, 0.25) is 0 Å². The van der Waals surface area contributed by atoms with Crippen LogP contribution in [0.4, 0.5) is 0 Å². The SMILES string of the molecule is CCOc1cc(/C=N/NC(=O)COc2c(C)ccc(C)c2C)c(Br)c(Br)c1O. The number of phenols is 1. The minimum absolute atomic E-state index is 0.00722. The van der Waals surface area contributed by atoms with Gasteiger partial charge in [-0.05, 0) is 82.3 Å². The second-order valence-electron chi connectivity index (χ2n) is 6.11. The fourth-order valence-electron chi connectivity index (χ4n) is 2.46. The number of rotatable bonds is 7. The molecule has 0 saturated heterocycles. The maximum atomic E-state index is 12.1. The molecule has 2 rings (SSSR count). The van der Waals surface area contributed by atoms with E-state index in [0.29, 0.717) is 32.6 Å². The van der Waals surface area contributed by atoms with Crippen LogP contribution in [0.1, 0.15) is 29.2 Å². The van der Waals surface area contributed by atoms with E-state index in [1.54, 1.807) is 6.07 Å². The lowest BCUT2D eigenvalue weighted by Gasteiger charge is -2.13. The van der Waals surface area contributed by atoms with Crippen LogP contribution >= 0.6 is 31.9 Å². The molecule has 6 nitrogen and oxygen atoms in total. The molecule has 2 aromatic rings. The topological polar surface area (TPSA) is 80.2 Å². The standard InChI is InChI=1S/C20H22Br2N2O4/c1-5-27-15-8-14(17(21)18(22)19(15)26)9-23-24-16(25)10-28-20-12(3)7-6-11(2)13(20)4/h6-9,26H,5,10H2,1-4H3,(H,24,25)/b23-9+. The summed E-state index contributed by atoms with van der Waals surface area (Å²) in [4.78, 5) is 12.1. The molecular formula is C20H22Br2N2O4. The summed E-state index contributed by atoms with van der Waals surface area (Å²) in [6.45, 7) is 7.98. The summed E-state index contributed by atoms with van der Waals surface area (Å²) in [5.74, 6) is 0.646. The van der Waals surface area contributed by atoms with Gasteiger partial charge in [-0.25, -0.2) is 5.43 Å². The number of hydrazone groups is 1. The van der Waals surface area contributed by atoms with Crippen LogP contribution in [-0.4, -0.2) is 30.4 Å². The van der Waals surface area contributed by atoms with Crippen LogP contribution in [0.15, 0.2) is 32.2 Å². The Morgan fingerprint density at radius 3 is 2.54 bits per heavy atom. The number of benzene rings is 2. The highest BCUT2D eigenvalue weighted by Gasteiger charge is 2.14. The van der Waals surface area contributed by atoms with Crippen molar-refractivity contribution < 1.29 is 19.4 Å². The molecule has 2 aromatic carbocycles. The van der Waals surface area contributed by atoms with E-state index in [-0.39, 0.29) is 18.3 Å². The van der Waals surface area contributed by atoms with Crippen LogP contribution in [0, 0.1) is 20.8 Å². The molecule has 0 heterocycles. The normalized spacial score (nSPS) is 10.9. The van der Waals surface area contributed by atoms with Gasteiger partial charge < -0.3 is 14.6 Å². The van der Waals surface area contributed by atoms with Gasteiger partial charge in [0.25, 0.3) is 5.91 Å². The molecule has 0 bridgehead atoms. The van der Waals surface area contributed by atoms with Crippen molar-refractivity contribution in [3.63, 3.8) is 0 Å². The van der Waals surface area contributed by atoms with Gasteiger partial charge in [-0.15, -0.1) is 0 Å². The van der Waals surface area contributed by atoms with Crippen molar-refractivity contribution in [1.82, 2.24) is 5.43 Å². The van der Waals surface area contributed by atoms with Crippen LogP contribution in [-0.2, 0) is 4.79 Å². The third kappa shape index (κ3) is 5.26. The highest BCUT2D eigenvalue weighted by atomic mass is 79.9. The van der Waals surface area contributed by atoms with E-state index in [4.69, 9.17) is 9.47 Å². The largest absolute Gasteiger partial charge is 0.503 e. The molecule has 0 aliphatic rings. The number of carbonyl (C=O) groups excluding carboxylic acids is 1. The predicted molar refractivity (Wildman–Crippen MR) is 117 cm³/mol. The first-order valence-electron chi connectivity index (χ1n) is 8.61. The van der Waals surface area contributed by atoms with Gasteiger partial charge in [0.15, 0.2) is 18.1 Å². The summed E-state index contributed by atoms with van der Waals surface area (Å²) in [6.07, 6.45) is 1.46. The lowest BCUT2D eigenvalue weighted by Crippen LogP contribution is -2.25. The third-order valence-electron chi connectivity index (χ3n) is 4.09. The number of nitrogens with one attached hydrogen (secondary N) is 1. The number of hydrogen-bond donors (Lipinski definition) is 2. The van der Waals surface area contributed by atoms with E-state index in [1.165, 1.54) is 6.21 Å². The second kappa shape index (κ2) is 9.93. The Morgan fingerprint density at radius 2 is 1.86 bits per heavy atom. The zero-order valence-corrected chi connectivity index (χ0v) is 19.3. The van der Waals surface area contributed by atoms with Crippen LogP contribution in [0.2, 0.25) is 0 Å². The van der Waals surface area contributed by atoms with Gasteiger partial charge >= 0.3 is 0 Å². The summed E-state index contributed by atoms with van der Waals surface area (Å²) < 4.78 is 12.1. The smallest absolute Gasteiger partial charge is 0.277 e. The average molecular weight is 514 g/mol. The van der Waals surface area contributed by atoms with E-state index >= 15 is 0 Å². The second-order valence-corrected chi connectivity index (χ2v) is 7.69. The molecule has 0 saturated carbocycles. The van der Waals surface area contributed by atoms with Crippen molar-refractivity contribution in [1.29, 1.82) is 0 Å². The number of hydrogen-bond acceptors (Lipinski definition) is 5. The molecule has 0 aliphatic carbocycles. The number of aromatic hydroxyl groups is 1. The molecular weight excluding hydrogens is 492 g/mol. The number of amides is 1. The van der Waals surface area contributed by atoms with Gasteiger partial charge in [0.1, 0.15) is 5.75 Å². The summed E-state index contributed by atoms with van der Waals surface area (Å²) in [7, 11) is 0. The average Bonchev–Trinajstić information content (AvgIpc) is 2.66. The van der Waals surface area contributed by atoms with Gasteiger partial charge in [0, 0.05) is 10.0 Å². The fourth-order valence-corrected chi connectivity index (χ4v) is 3.29. The number of halogens is 2. The molecule has 0 unspecified atom stereocenters. The van der Waals surface area contributed by atoms with E-state index in [0.717, 1.165) is 16.7 Å². The number of phenolic OH excluding ortho intramolecular Hbond substituents is 1. The van der Waals surface area contributed by atoms with Crippen molar-refractivity contribution in [2.45, 2.75) is 27.7 Å². The van der Waals surface area contributed by atoms with Crippen molar-refractivity contribution in [2.75, 3.05) is 13.2 Å². The Hall–Kier alpha value is -2.06. The van der Waals surface area contributed by atoms with E-state index < -0.39 is 0 Å². The first kappa shape index (κ1) is 22.2. The Bertz CT molecular complexity index is 914. The fraction of sp³-hybridized carbons (Fsp3) is 0.300. The molecule has 1 amide bonds. The first-order chi connectivity index (χ1) is 13.3. The molecule has 2 N–H and O–H groups in total. The van der Waals surface area contributed by atoms with E-state index in [2.05, 4.69) is 42.4 Å². The van der Waals surface area contributed by atoms with Crippen LogP contribution in [0.25, 0.3) is 0 Å². The van der Waals surface area contributed by atoms with Gasteiger partial charge in [-0.3, -0.25) is 4.79 Å². The maximum Gasteiger partial charge on any atom is 0.277 e. The summed E-state index contributed by atoms with van der Waals surface area (Å²) in [6, 6.07) is 5.61. The summed E-state index contributed by atoms with van der Waals surface area (Å²) in [5, 5.41) is 14.0. The Balaban J connectivity index is 2.03. The number of carbonyl (C=O) groups is 1. The van der Waals surface area contributed by atoms with Crippen molar-refractivity contribution in [3.05, 3.63) is 49.4 Å². The molecule has 0 atom stereocenters. The Morgan fingerprint density at radius 1 is 1.18 bits per heavy atom. The molecule has 8 heteroatoms. The summed E-state index contributed by atoms with van der Waals surface area (Å²) >= 11 is 6.67. The minimum Gasteiger partial charge on any atom is -0.503 e. The van der Waals surface area contributed by atoms with Crippen molar-refractivity contribution in [2.24, 2.45) is 5.10 Å².